The topological polar surface area (TPSA) is 35.0 Å². The molecule has 0 saturated carbocycles. The number of aryl methyl sites for hydroxylation is 1. The van der Waals surface area contributed by atoms with Gasteiger partial charge in [-0.15, -0.1) is 0 Å². The van der Waals surface area contributed by atoms with Gasteiger partial charge in [0.2, 0.25) is 0 Å². The van der Waals surface area contributed by atoms with Crippen LogP contribution in [0, 0.1) is 6.92 Å². The zero-order chi connectivity index (χ0) is 12.4. The largest absolute Gasteiger partial charge is 0.491 e. The van der Waals surface area contributed by atoms with Gasteiger partial charge in [-0.2, -0.15) is 0 Å². The summed E-state index contributed by atoms with van der Waals surface area (Å²) in [6.07, 6.45) is 0. The van der Waals surface area contributed by atoms with E-state index in [4.69, 9.17) is 27.9 Å². The molecular weight excluding hydrogens is 259 g/mol. The normalized spacial score (nSPS) is 10.4. The summed E-state index contributed by atoms with van der Waals surface area (Å²) in [5, 5.41) is 0.422. The lowest BCUT2D eigenvalue weighted by Crippen LogP contribution is -1.95. The van der Waals surface area contributed by atoms with Crippen LogP contribution in [0.15, 0.2) is 24.3 Å². The van der Waals surface area contributed by atoms with Crippen LogP contribution in [0.5, 0.6) is 5.75 Å². The molecule has 1 heterocycles. The first-order chi connectivity index (χ1) is 8.11. The summed E-state index contributed by atoms with van der Waals surface area (Å²) < 4.78 is 5.00. The van der Waals surface area contributed by atoms with Gasteiger partial charge >= 0.3 is 0 Å². The third-order valence-corrected chi connectivity index (χ3v) is 2.81. The van der Waals surface area contributed by atoms with E-state index in [0.717, 1.165) is 5.56 Å². The van der Waals surface area contributed by atoms with Gasteiger partial charge in [0.15, 0.2) is 21.9 Å². The molecule has 0 spiro atoms. The molecule has 0 aliphatic rings. The quantitative estimate of drug-likeness (QED) is 0.778. The van der Waals surface area contributed by atoms with Crippen LogP contribution in [-0.2, 0) is 0 Å². The second-order valence-corrected chi connectivity index (χ2v) is 4.24. The highest BCUT2D eigenvalue weighted by Gasteiger charge is 2.12. The Morgan fingerprint density at radius 1 is 1.00 bits per heavy atom. The summed E-state index contributed by atoms with van der Waals surface area (Å²) in [7, 11) is 1.47. The first kappa shape index (κ1) is 12.1. The molecule has 2 aromatic rings. The predicted molar refractivity (Wildman–Crippen MR) is 68.8 cm³/mol. The van der Waals surface area contributed by atoms with Gasteiger partial charge in [0.25, 0.3) is 0 Å². The van der Waals surface area contributed by atoms with Crippen molar-refractivity contribution in [1.29, 1.82) is 0 Å². The van der Waals surface area contributed by atoms with Crippen molar-refractivity contribution in [3.05, 3.63) is 40.1 Å². The number of hydrogen-bond acceptors (Lipinski definition) is 3. The molecule has 5 heteroatoms. The van der Waals surface area contributed by atoms with Crippen molar-refractivity contribution >= 4 is 23.2 Å². The van der Waals surface area contributed by atoms with Crippen LogP contribution in [0.2, 0.25) is 10.3 Å². The van der Waals surface area contributed by atoms with Crippen molar-refractivity contribution in [3.8, 4) is 17.1 Å². The Balaban J connectivity index is 2.50. The van der Waals surface area contributed by atoms with Crippen LogP contribution in [0.25, 0.3) is 11.4 Å². The second-order valence-electron chi connectivity index (χ2n) is 3.53. The number of nitrogens with zero attached hydrogens (tertiary/aromatic N) is 2. The zero-order valence-corrected chi connectivity index (χ0v) is 10.9. The van der Waals surface area contributed by atoms with Gasteiger partial charge in [0, 0.05) is 5.56 Å². The molecule has 1 aromatic heterocycles. The van der Waals surface area contributed by atoms with Crippen LogP contribution >= 0.6 is 23.2 Å². The van der Waals surface area contributed by atoms with E-state index >= 15 is 0 Å². The van der Waals surface area contributed by atoms with Crippen molar-refractivity contribution in [3.63, 3.8) is 0 Å². The summed E-state index contributed by atoms with van der Waals surface area (Å²) in [4.78, 5) is 8.30. The van der Waals surface area contributed by atoms with E-state index in [0.29, 0.717) is 11.6 Å². The summed E-state index contributed by atoms with van der Waals surface area (Å²) >= 11 is 11.9. The first-order valence-electron chi connectivity index (χ1n) is 4.96. The van der Waals surface area contributed by atoms with E-state index in [1.54, 1.807) is 0 Å². The van der Waals surface area contributed by atoms with Crippen molar-refractivity contribution in [2.75, 3.05) is 7.11 Å². The van der Waals surface area contributed by atoms with Gasteiger partial charge in [-0.05, 0) is 6.92 Å². The number of aromatic nitrogens is 2. The van der Waals surface area contributed by atoms with E-state index in [2.05, 4.69) is 9.97 Å². The number of benzene rings is 1. The molecule has 3 nitrogen and oxygen atoms in total. The van der Waals surface area contributed by atoms with Gasteiger partial charge < -0.3 is 4.74 Å². The fourth-order valence-electron chi connectivity index (χ4n) is 1.40. The number of methoxy groups -OCH3 is 1. The molecule has 0 atom stereocenters. The first-order valence-corrected chi connectivity index (χ1v) is 5.71. The van der Waals surface area contributed by atoms with Gasteiger partial charge in [-0.3, -0.25) is 0 Å². The molecule has 0 N–H and O–H groups in total. The average Bonchev–Trinajstić information content (AvgIpc) is 2.29. The SMILES string of the molecule is COc1c(Cl)nc(-c2ccc(C)cc2)nc1Cl. The Kier molecular flexibility index (Phi) is 3.50. The lowest BCUT2D eigenvalue weighted by atomic mass is 10.1. The molecule has 0 amide bonds. The minimum absolute atomic E-state index is 0.211. The fourth-order valence-corrected chi connectivity index (χ4v) is 1.94. The summed E-state index contributed by atoms with van der Waals surface area (Å²) in [6, 6.07) is 7.79. The molecule has 1 aromatic carbocycles. The number of halogens is 2. The van der Waals surface area contributed by atoms with Gasteiger partial charge in [-0.1, -0.05) is 53.0 Å². The highest BCUT2D eigenvalue weighted by molar-refractivity contribution is 6.35. The monoisotopic (exact) mass is 268 g/mol. The Bertz CT molecular complexity index is 518. The van der Waals surface area contributed by atoms with Crippen LogP contribution in [-0.4, -0.2) is 17.1 Å². The van der Waals surface area contributed by atoms with Gasteiger partial charge in [0.1, 0.15) is 0 Å². The maximum absolute atomic E-state index is 5.96. The second kappa shape index (κ2) is 4.90. The van der Waals surface area contributed by atoms with E-state index in [1.165, 1.54) is 12.7 Å². The Hall–Kier alpha value is -1.32. The van der Waals surface area contributed by atoms with Crippen LogP contribution in [0.1, 0.15) is 5.56 Å². The third-order valence-electron chi connectivity index (χ3n) is 2.30. The van der Waals surface area contributed by atoms with Gasteiger partial charge in [-0.25, -0.2) is 9.97 Å². The lowest BCUT2D eigenvalue weighted by molar-refractivity contribution is 0.411. The number of hydrogen-bond donors (Lipinski definition) is 0. The van der Waals surface area contributed by atoms with Crippen molar-refractivity contribution in [1.82, 2.24) is 9.97 Å². The summed E-state index contributed by atoms with van der Waals surface area (Å²) in [6.45, 7) is 2.01. The fraction of sp³-hybridized carbons (Fsp3) is 0.167. The van der Waals surface area contributed by atoms with E-state index < -0.39 is 0 Å². The molecule has 88 valence electrons. The summed E-state index contributed by atoms with van der Waals surface area (Å²) in [5.74, 6) is 0.782. The molecule has 0 unspecified atom stereocenters. The molecule has 0 radical (unpaired) electrons. The van der Waals surface area contributed by atoms with Crippen LogP contribution in [0.4, 0.5) is 0 Å². The smallest absolute Gasteiger partial charge is 0.193 e. The van der Waals surface area contributed by atoms with Gasteiger partial charge in [0.05, 0.1) is 7.11 Å². The Labute approximate surface area is 109 Å². The lowest BCUT2D eigenvalue weighted by Gasteiger charge is -2.06. The minimum Gasteiger partial charge on any atom is -0.491 e. The van der Waals surface area contributed by atoms with E-state index in [9.17, 15) is 0 Å². The standard InChI is InChI=1S/C12H10Cl2N2O/c1-7-3-5-8(6-4-7)12-15-10(13)9(17-2)11(14)16-12/h3-6H,1-2H3. The molecular formula is C12H10Cl2N2O. The highest BCUT2D eigenvalue weighted by atomic mass is 35.5. The van der Waals surface area contributed by atoms with E-state index in [-0.39, 0.29) is 10.3 Å². The van der Waals surface area contributed by atoms with Crippen molar-refractivity contribution in [2.45, 2.75) is 6.92 Å². The maximum atomic E-state index is 5.96. The van der Waals surface area contributed by atoms with Crippen molar-refractivity contribution < 1.29 is 4.74 Å². The predicted octanol–water partition coefficient (Wildman–Crippen LogP) is 3.77. The Morgan fingerprint density at radius 2 is 1.53 bits per heavy atom. The Morgan fingerprint density at radius 3 is 2.00 bits per heavy atom. The van der Waals surface area contributed by atoms with Crippen molar-refractivity contribution in [2.24, 2.45) is 0 Å². The molecule has 0 fully saturated rings. The maximum Gasteiger partial charge on any atom is 0.193 e. The summed E-state index contributed by atoms with van der Waals surface area (Å²) in [5.41, 5.74) is 2.03. The molecule has 0 aliphatic carbocycles. The van der Waals surface area contributed by atoms with E-state index in [1.807, 2.05) is 31.2 Å². The van der Waals surface area contributed by atoms with Crippen LogP contribution < -0.4 is 4.74 Å². The minimum atomic E-state index is 0.211. The molecule has 0 aliphatic heterocycles. The highest BCUT2D eigenvalue weighted by Crippen LogP contribution is 2.31. The molecule has 0 bridgehead atoms. The molecule has 0 saturated heterocycles. The molecule has 2 rings (SSSR count). The van der Waals surface area contributed by atoms with Crippen LogP contribution in [0.3, 0.4) is 0 Å². The number of ether oxygens (including phenoxy) is 1. The average molecular weight is 269 g/mol. The molecule has 17 heavy (non-hydrogen) atoms. The zero-order valence-electron chi connectivity index (χ0n) is 9.37. The third kappa shape index (κ3) is 2.51. The number of rotatable bonds is 2.